The van der Waals surface area contributed by atoms with Gasteiger partial charge in [-0.25, -0.2) is 9.38 Å². The maximum atomic E-state index is 12.9. The summed E-state index contributed by atoms with van der Waals surface area (Å²) in [5.41, 5.74) is 1.07. The fourth-order valence-corrected chi connectivity index (χ4v) is 1.98. The van der Waals surface area contributed by atoms with Crippen LogP contribution in [0.15, 0.2) is 29.3 Å². The molecule has 1 rings (SSSR count). The minimum Gasteiger partial charge on any atom is -0.357 e. The van der Waals surface area contributed by atoms with Crippen LogP contribution in [0.4, 0.5) is 4.39 Å². The van der Waals surface area contributed by atoms with Crippen molar-refractivity contribution in [1.29, 1.82) is 0 Å². The summed E-state index contributed by atoms with van der Waals surface area (Å²) in [6.45, 7) is 5.06. The number of guanidine groups is 1. The fourth-order valence-electron chi connectivity index (χ4n) is 1.98. The van der Waals surface area contributed by atoms with Crippen molar-refractivity contribution in [3.05, 3.63) is 35.6 Å². The third kappa shape index (κ3) is 7.92. The van der Waals surface area contributed by atoms with Crippen LogP contribution in [0.2, 0.25) is 0 Å². The van der Waals surface area contributed by atoms with Gasteiger partial charge in [0.2, 0.25) is 5.91 Å². The van der Waals surface area contributed by atoms with E-state index < -0.39 is 0 Å². The highest BCUT2D eigenvalue weighted by Gasteiger charge is 2.05. The van der Waals surface area contributed by atoms with E-state index in [4.69, 9.17) is 0 Å². The molecule has 0 aromatic heterocycles. The Kier molecular flexibility index (Phi) is 8.78. The van der Waals surface area contributed by atoms with E-state index in [0.717, 1.165) is 25.2 Å². The van der Waals surface area contributed by atoms with Crippen LogP contribution in [0.3, 0.4) is 0 Å². The van der Waals surface area contributed by atoms with Crippen molar-refractivity contribution in [1.82, 2.24) is 20.4 Å². The molecule has 0 spiro atoms. The summed E-state index contributed by atoms with van der Waals surface area (Å²) in [4.78, 5) is 19.5. The van der Waals surface area contributed by atoms with Crippen LogP contribution in [0.5, 0.6) is 0 Å². The average Bonchev–Trinajstić information content (AvgIpc) is 2.54. The van der Waals surface area contributed by atoms with E-state index in [2.05, 4.69) is 20.5 Å². The molecule has 0 atom stereocenters. The zero-order valence-electron chi connectivity index (χ0n) is 15.0. The zero-order chi connectivity index (χ0) is 17.9. The third-order valence-electron chi connectivity index (χ3n) is 3.37. The Morgan fingerprint density at radius 2 is 1.83 bits per heavy atom. The third-order valence-corrected chi connectivity index (χ3v) is 3.37. The molecule has 6 nitrogen and oxygen atoms in total. The van der Waals surface area contributed by atoms with Crippen molar-refractivity contribution in [2.24, 2.45) is 4.99 Å². The van der Waals surface area contributed by atoms with E-state index in [-0.39, 0.29) is 18.3 Å². The van der Waals surface area contributed by atoms with E-state index in [9.17, 15) is 9.18 Å². The largest absolute Gasteiger partial charge is 0.357 e. The lowest BCUT2D eigenvalue weighted by molar-refractivity contribution is -0.127. The van der Waals surface area contributed by atoms with Gasteiger partial charge in [0, 0.05) is 40.3 Å². The highest BCUT2D eigenvalue weighted by Crippen LogP contribution is 2.04. The molecule has 134 valence electrons. The molecule has 1 amide bonds. The van der Waals surface area contributed by atoms with Gasteiger partial charge >= 0.3 is 0 Å². The lowest BCUT2D eigenvalue weighted by Gasteiger charge is -2.18. The Balaban J connectivity index is 2.39. The van der Waals surface area contributed by atoms with Gasteiger partial charge in [-0.15, -0.1) is 0 Å². The molecule has 0 heterocycles. The first-order chi connectivity index (χ1) is 11.4. The van der Waals surface area contributed by atoms with Crippen LogP contribution >= 0.6 is 0 Å². The molecule has 0 aliphatic rings. The molecular formula is C17H28FN5O. The summed E-state index contributed by atoms with van der Waals surface area (Å²) in [6.07, 6.45) is 0. The number of carbonyl (C=O) groups excluding carboxylic acids is 1. The Morgan fingerprint density at radius 1 is 1.17 bits per heavy atom. The van der Waals surface area contributed by atoms with Gasteiger partial charge in [0.25, 0.3) is 0 Å². The number of nitrogens with one attached hydrogen (secondary N) is 2. The van der Waals surface area contributed by atoms with Crippen molar-refractivity contribution in [2.75, 3.05) is 47.3 Å². The monoisotopic (exact) mass is 337 g/mol. The molecule has 1 aromatic carbocycles. The molecule has 7 heteroatoms. The quantitative estimate of drug-likeness (QED) is 0.547. The Bertz CT molecular complexity index is 530. The van der Waals surface area contributed by atoms with Gasteiger partial charge in [-0.1, -0.05) is 12.1 Å². The van der Waals surface area contributed by atoms with Crippen molar-refractivity contribution in [2.45, 2.75) is 13.5 Å². The van der Waals surface area contributed by atoms with Crippen LogP contribution in [0, 0.1) is 5.82 Å². The molecule has 2 N–H and O–H groups in total. The number of rotatable bonds is 8. The first-order valence-corrected chi connectivity index (χ1v) is 8.07. The first-order valence-electron chi connectivity index (χ1n) is 8.07. The van der Waals surface area contributed by atoms with Gasteiger partial charge in [0.1, 0.15) is 12.4 Å². The molecule has 0 unspecified atom stereocenters. The molecule has 0 aliphatic carbocycles. The number of nitrogens with zero attached hydrogens (tertiary/aromatic N) is 3. The molecule has 0 aliphatic heterocycles. The zero-order valence-corrected chi connectivity index (χ0v) is 15.0. The summed E-state index contributed by atoms with van der Waals surface area (Å²) in [6, 6.07) is 6.52. The smallest absolute Gasteiger partial charge is 0.243 e. The normalized spacial score (nSPS) is 11.5. The van der Waals surface area contributed by atoms with Gasteiger partial charge in [0.05, 0.1) is 0 Å². The molecule has 0 saturated heterocycles. The summed E-state index contributed by atoms with van der Waals surface area (Å²) in [5.74, 6) is 0.366. The standard InChI is InChI=1S/C17H28FN5O/c1-5-19-17(21-12-16(24)22(2)3)20-10-11-23(4)13-14-6-8-15(18)9-7-14/h6-9H,5,10-13H2,1-4H3,(H2,19,20,21). The van der Waals surface area contributed by atoms with Crippen LogP contribution in [-0.4, -0.2) is 69.0 Å². The fraction of sp³-hybridized carbons (Fsp3) is 0.529. The van der Waals surface area contributed by atoms with Crippen LogP contribution in [0.1, 0.15) is 12.5 Å². The predicted molar refractivity (Wildman–Crippen MR) is 95.4 cm³/mol. The number of halogens is 1. The number of benzene rings is 1. The second-order valence-electron chi connectivity index (χ2n) is 5.77. The summed E-state index contributed by atoms with van der Waals surface area (Å²) < 4.78 is 12.9. The van der Waals surface area contributed by atoms with Crippen molar-refractivity contribution >= 4 is 11.9 Å². The van der Waals surface area contributed by atoms with Gasteiger partial charge in [-0.2, -0.15) is 0 Å². The molecule has 0 saturated carbocycles. The molecular weight excluding hydrogens is 309 g/mol. The number of hydrogen-bond donors (Lipinski definition) is 2. The van der Waals surface area contributed by atoms with Crippen molar-refractivity contribution in [3.63, 3.8) is 0 Å². The van der Waals surface area contributed by atoms with Crippen LogP contribution in [-0.2, 0) is 11.3 Å². The average molecular weight is 337 g/mol. The number of carbonyl (C=O) groups is 1. The summed E-state index contributed by atoms with van der Waals surface area (Å²) in [5, 5.41) is 6.32. The first kappa shape index (κ1) is 19.9. The molecule has 0 bridgehead atoms. The Hall–Kier alpha value is -2.15. The Morgan fingerprint density at radius 3 is 2.42 bits per heavy atom. The molecule has 0 radical (unpaired) electrons. The summed E-state index contributed by atoms with van der Waals surface area (Å²) in [7, 11) is 5.43. The molecule has 1 aromatic rings. The SMILES string of the molecule is CCNC(=NCC(=O)N(C)C)NCCN(C)Cc1ccc(F)cc1. The minimum atomic E-state index is -0.221. The van der Waals surface area contributed by atoms with Crippen molar-refractivity contribution < 1.29 is 9.18 Å². The number of hydrogen-bond acceptors (Lipinski definition) is 3. The second-order valence-corrected chi connectivity index (χ2v) is 5.77. The lowest BCUT2D eigenvalue weighted by Crippen LogP contribution is -2.41. The summed E-state index contributed by atoms with van der Waals surface area (Å²) >= 11 is 0. The molecule has 0 fully saturated rings. The van der Waals surface area contributed by atoms with E-state index in [1.54, 1.807) is 26.2 Å². The van der Waals surface area contributed by atoms with E-state index in [0.29, 0.717) is 12.5 Å². The predicted octanol–water partition coefficient (Wildman–Crippen LogP) is 0.901. The van der Waals surface area contributed by atoms with Crippen molar-refractivity contribution in [3.8, 4) is 0 Å². The van der Waals surface area contributed by atoms with Gasteiger partial charge in [-0.3, -0.25) is 4.79 Å². The number of aliphatic imine (C=N–C) groups is 1. The highest BCUT2D eigenvalue weighted by atomic mass is 19.1. The van der Waals surface area contributed by atoms with Gasteiger partial charge in [-0.05, 0) is 31.7 Å². The maximum Gasteiger partial charge on any atom is 0.243 e. The topological polar surface area (TPSA) is 60.0 Å². The molecule has 24 heavy (non-hydrogen) atoms. The maximum absolute atomic E-state index is 12.9. The highest BCUT2D eigenvalue weighted by molar-refractivity contribution is 5.84. The minimum absolute atomic E-state index is 0.0411. The Labute approximate surface area is 143 Å². The van der Waals surface area contributed by atoms with Gasteiger partial charge < -0.3 is 20.4 Å². The van der Waals surface area contributed by atoms with Crippen LogP contribution in [0.25, 0.3) is 0 Å². The van der Waals surface area contributed by atoms with E-state index in [1.165, 1.54) is 17.0 Å². The van der Waals surface area contributed by atoms with Gasteiger partial charge in [0.15, 0.2) is 5.96 Å². The number of amides is 1. The van der Waals surface area contributed by atoms with E-state index >= 15 is 0 Å². The number of likely N-dealkylation sites (N-methyl/N-ethyl adjacent to an activating group) is 2. The lowest BCUT2D eigenvalue weighted by atomic mass is 10.2. The van der Waals surface area contributed by atoms with Crippen LogP contribution < -0.4 is 10.6 Å². The van der Waals surface area contributed by atoms with E-state index in [1.807, 2.05) is 14.0 Å². The second kappa shape index (κ2) is 10.6.